The second-order valence-electron chi connectivity index (χ2n) is 6.29. The second kappa shape index (κ2) is 10.2. The molecule has 0 aliphatic heterocycles. The highest BCUT2D eigenvalue weighted by Crippen LogP contribution is 2.27. The van der Waals surface area contributed by atoms with Crippen LogP contribution in [0.2, 0.25) is 5.02 Å². The van der Waals surface area contributed by atoms with Gasteiger partial charge in [-0.15, -0.1) is 0 Å². The average Bonchev–Trinajstić information content (AvgIpc) is 2.74. The predicted molar refractivity (Wildman–Crippen MR) is 123 cm³/mol. The number of amides is 1. The minimum Gasteiger partial charge on any atom is -0.494 e. The van der Waals surface area contributed by atoms with E-state index in [1.807, 2.05) is 13.0 Å². The molecule has 0 atom stereocenters. The van der Waals surface area contributed by atoms with Crippen LogP contribution < -0.4 is 13.8 Å². The van der Waals surface area contributed by atoms with Gasteiger partial charge in [0.05, 0.1) is 17.2 Å². The van der Waals surface area contributed by atoms with Crippen LogP contribution in [0.4, 0.5) is 5.69 Å². The number of hydrogen-bond donors (Lipinski definition) is 0. The Kier molecular flexibility index (Phi) is 7.59. The number of ether oxygens (including phenoxy) is 2. The van der Waals surface area contributed by atoms with Crippen LogP contribution in [0.5, 0.6) is 11.5 Å². The molecular formula is C22H19BrClNO5S. The van der Waals surface area contributed by atoms with Crippen molar-refractivity contribution in [2.45, 2.75) is 11.8 Å². The maximum Gasteiger partial charge on any atom is 0.278 e. The second-order valence-corrected chi connectivity index (χ2v) is 9.43. The van der Waals surface area contributed by atoms with Crippen molar-refractivity contribution in [3.63, 3.8) is 0 Å². The molecule has 9 heteroatoms. The van der Waals surface area contributed by atoms with Crippen LogP contribution in [0, 0.1) is 0 Å². The summed E-state index contributed by atoms with van der Waals surface area (Å²) in [5.74, 6) is 0.241. The minimum atomic E-state index is -4.21. The molecule has 3 aromatic rings. The Morgan fingerprint density at radius 1 is 0.968 bits per heavy atom. The van der Waals surface area contributed by atoms with Crippen LogP contribution in [0.3, 0.4) is 0 Å². The van der Waals surface area contributed by atoms with Gasteiger partial charge in [-0.25, -0.2) is 8.42 Å². The molecule has 162 valence electrons. The van der Waals surface area contributed by atoms with Crippen molar-refractivity contribution in [1.82, 2.24) is 0 Å². The third kappa shape index (κ3) is 5.78. The lowest BCUT2D eigenvalue weighted by atomic mass is 10.3. The van der Waals surface area contributed by atoms with Gasteiger partial charge in [0.1, 0.15) is 11.5 Å². The summed E-state index contributed by atoms with van der Waals surface area (Å²) in [6, 6.07) is 18.7. The maximum absolute atomic E-state index is 13.3. The fourth-order valence-electron chi connectivity index (χ4n) is 2.73. The van der Waals surface area contributed by atoms with Gasteiger partial charge in [0.25, 0.3) is 15.9 Å². The summed E-state index contributed by atoms with van der Waals surface area (Å²) < 4.78 is 39.1. The largest absolute Gasteiger partial charge is 0.494 e. The Bertz CT molecular complexity index is 1150. The first kappa shape index (κ1) is 23.1. The van der Waals surface area contributed by atoms with E-state index < -0.39 is 22.5 Å². The van der Waals surface area contributed by atoms with Crippen molar-refractivity contribution in [2.24, 2.45) is 0 Å². The molecule has 0 saturated carbocycles. The van der Waals surface area contributed by atoms with Crippen LogP contribution in [-0.2, 0) is 14.8 Å². The Morgan fingerprint density at radius 2 is 1.65 bits per heavy atom. The Labute approximate surface area is 194 Å². The van der Waals surface area contributed by atoms with E-state index >= 15 is 0 Å². The van der Waals surface area contributed by atoms with Crippen LogP contribution in [-0.4, -0.2) is 27.5 Å². The number of rotatable bonds is 8. The first-order chi connectivity index (χ1) is 14.8. The van der Waals surface area contributed by atoms with Gasteiger partial charge in [0.2, 0.25) is 0 Å². The van der Waals surface area contributed by atoms with Crippen molar-refractivity contribution in [2.75, 3.05) is 17.5 Å². The van der Waals surface area contributed by atoms with E-state index in [-0.39, 0.29) is 10.6 Å². The molecule has 3 rings (SSSR count). The number of anilines is 1. The zero-order valence-electron chi connectivity index (χ0n) is 16.5. The first-order valence-corrected chi connectivity index (χ1v) is 11.9. The number of carbonyl (C=O) groups excluding carboxylic acids is 1. The molecule has 0 radical (unpaired) electrons. The Balaban J connectivity index is 1.94. The molecule has 3 aromatic carbocycles. The molecule has 1 amide bonds. The molecule has 6 nitrogen and oxygen atoms in total. The third-order valence-electron chi connectivity index (χ3n) is 4.12. The first-order valence-electron chi connectivity index (χ1n) is 9.26. The van der Waals surface area contributed by atoms with Crippen LogP contribution in [0.25, 0.3) is 0 Å². The van der Waals surface area contributed by atoms with Gasteiger partial charge in [0, 0.05) is 9.50 Å². The zero-order chi connectivity index (χ0) is 22.4. The standard InChI is InChI=1S/C22H19BrClNO5S/c1-2-29-19-10-8-18(9-11-19)25(31(27,28)21-12-6-17(24)7-13-21)22(26)15-30-20-5-3-4-16(23)14-20/h3-14H,2,15H2,1H3. The van der Waals surface area contributed by atoms with Crippen LogP contribution in [0.15, 0.2) is 82.2 Å². The third-order valence-corrected chi connectivity index (χ3v) is 6.63. The number of sulfonamides is 1. The highest BCUT2D eigenvalue weighted by atomic mass is 79.9. The Morgan fingerprint density at radius 3 is 2.26 bits per heavy atom. The SMILES string of the molecule is CCOc1ccc(N(C(=O)COc2cccc(Br)c2)S(=O)(=O)c2ccc(Cl)cc2)cc1. The van der Waals surface area contributed by atoms with E-state index in [0.717, 1.165) is 8.78 Å². The maximum atomic E-state index is 13.3. The lowest BCUT2D eigenvalue weighted by Crippen LogP contribution is -2.40. The van der Waals surface area contributed by atoms with Gasteiger partial charge in [-0.3, -0.25) is 4.79 Å². The van der Waals surface area contributed by atoms with Gasteiger partial charge in [-0.05, 0) is 73.7 Å². The van der Waals surface area contributed by atoms with Crippen molar-refractivity contribution in [3.05, 3.63) is 82.3 Å². The summed E-state index contributed by atoms with van der Waals surface area (Å²) in [5, 5.41) is 0.385. The van der Waals surface area contributed by atoms with Crippen molar-refractivity contribution in [3.8, 4) is 11.5 Å². The number of carbonyl (C=O) groups is 1. The highest BCUT2D eigenvalue weighted by Gasteiger charge is 2.31. The molecule has 0 heterocycles. The van der Waals surface area contributed by atoms with E-state index in [1.165, 1.54) is 36.4 Å². The quantitative estimate of drug-likeness (QED) is 0.400. The predicted octanol–water partition coefficient (Wildman–Crippen LogP) is 5.30. The molecule has 0 fully saturated rings. The monoisotopic (exact) mass is 523 g/mol. The average molecular weight is 525 g/mol. The summed E-state index contributed by atoms with van der Waals surface area (Å²) in [5.41, 5.74) is 0.168. The van der Waals surface area contributed by atoms with Crippen molar-refractivity contribution >= 4 is 49.1 Å². The molecule has 0 aliphatic rings. The lowest BCUT2D eigenvalue weighted by Gasteiger charge is -2.23. The number of benzene rings is 3. The fraction of sp³-hybridized carbons (Fsp3) is 0.136. The summed E-state index contributed by atoms with van der Waals surface area (Å²) in [4.78, 5) is 13.0. The van der Waals surface area contributed by atoms with Gasteiger partial charge in [-0.2, -0.15) is 4.31 Å². The molecule has 0 spiro atoms. The number of halogens is 2. The summed E-state index contributed by atoms with van der Waals surface area (Å²) >= 11 is 9.21. The topological polar surface area (TPSA) is 72.9 Å². The Hall–Kier alpha value is -2.55. The summed E-state index contributed by atoms with van der Waals surface area (Å²) in [6.07, 6.45) is 0. The number of nitrogens with zero attached hydrogens (tertiary/aromatic N) is 1. The van der Waals surface area contributed by atoms with E-state index in [4.69, 9.17) is 21.1 Å². The van der Waals surface area contributed by atoms with Crippen LogP contribution >= 0.6 is 27.5 Å². The normalized spacial score (nSPS) is 11.1. The van der Waals surface area contributed by atoms with E-state index in [0.29, 0.717) is 23.1 Å². The smallest absolute Gasteiger partial charge is 0.278 e. The van der Waals surface area contributed by atoms with Crippen molar-refractivity contribution < 1.29 is 22.7 Å². The molecule has 0 saturated heterocycles. The molecular weight excluding hydrogens is 506 g/mol. The fourth-order valence-corrected chi connectivity index (χ4v) is 4.65. The minimum absolute atomic E-state index is 0.0680. The van der Waals surface area contributed by atoms with Crippen molar-refractivity contribution in [1.29, 1.82) is 0 Å². The number of hydrogen-bond acceptors (Lipinski definition) is 5. The van der Waals surface area contributed by atoms with Crippen LogP contribution in [0.1, 0.15) is 6.92 Å². The highest BCUT2D eigenvalue weighted by molar-refractivity contribution is 9.10. The van der Waals surface area contributed by atoms with Gasteiger partial charge in [-0.1, -0.05) is 33.6 Å². The van der Waals surface area contributed by atoms with Gasteiger partial charge in [0.15, 0.2) is 6.61 Å². The summed E-state index contributed by atoms with van der Waals surface area (Å²) in [6.45, 7) is 1.83. The molecule has 0 aliphatic carbocycles. The molecule has 0 unspecified atom stereocenters. The molecule has 0 N–H and O–H groups in total. The molecule has 31 heavy (non-hydrogen) atoms. The van der Waals surface area contributed by atoms with Gasteiger partial charge >= 0.3 is 0 Å². The van der Waals surface area contributed by atoms with Gasteiger partial charge < -0.3 is 9.47 Å². The van der Waals surface area contributed by atoms with E-state index in [1.54, 1.807) is 30.3 Å². The van der Waals surface area contributed by atoms with E-state index in [9.17, 15) is 13.2 Å². The molecule has 0 aromatic heterocycles. The zero-order valence-corrected chi connectivity index (χ0v) is 19.7. The summed E-state index contributed by atoms with van der Waals surface area (Å²) in [7, 11) is -4.21. The lowest BCUT2D eigenvalue weighted by molar-refractivity contribution is -0.119. The van der Waals surface area contributed by atoms with E-state index in [2.05, 4.69) is 15.9 Å². The molecule has 0 bridgehead atoms.